The Bertz CT molecular complexity index is 1100. The van der Waals surface area contributed by atoms with Gasteiger partial charge in [-0.2, -0.15) is 0 Å². The van der Waals surface area contributed by atoms with Gasteiger partial charge in [-0.25, -0.2) is 0 Å². The lowest BCUT2D eigenvalue weighted by Crippen LogP contribution is -1.93. The molecule has 4 rings (SSSR count). The smallest absolute Gasteiger partial charge is 0.303 e. The second kappa shape index (κ2) is 21.4. The van der Waals surface area contributed by atoms with E-state index in [1.165, 1.54) is 22.3 Å². The van der Waals surface area contributed by atoms with E-state index in [-0.39, 0.29) is 6.42 Å². The lowest BCUT2D eigenvalue weighted by atomic mass is 9.98. The van der Waals surface area contributed by atoms with Gasteiger partial charge in [0.05, 0.1) is 5.69 Å². The van der Waals surface area contributed by atoms with E-state index in [0.717, 1.165) is 36.3 Å². The van der Waals surface area contributed by atoms with E-state index in [0.29, 0.717) is 0 Å². The Kier molecular flexibility index (Phi) is 19.4. The summed E-state index contributed by atoms with van der Waals surface area (Å²) < 4.78 is 5.68. The van der Waals surface area contributed by atoms with Crippen LogP contribution in [-0.4, -0.2) is 16.2 Å². The number of nitrogens with zero attached hydrogens (tertiary/aromatic N) is 1. The lowest BCUT2D eigenvalue weighted by molar-refractivity contribution is -0.136. The van der Waals surface area contributed by atoms with Crippen LogP contribution in [0.2, 0.25) is 0 Å². The van der Waals surface area contributed by atoms with Crippen molar-refractivity contribution < 1.29 is 14.4 Å². The molecule has 4 nitrogen and oxygen atoms in total. The van der Waals surface area contributed by atoms with Gasteiger partial charge in [-0.1, -0.05) is 139 Å². The maximum atomic E-state index is 9.37. The normalized spacial score (nSPS) is 9.16. The molecule has 1 aromatic heterocycles. The summed E-state index contributed by atoms with van der Waals surface area (Å²) in [6, 6.07) is 29.6. The van der Waals surface area contributed by atoms with Crippen LogP contribution in [0.3, 0.4) is 0 Å². The van der Waals surface area contributed by atoms with Crippen LogP contribution in [0.5, 0.6) is 0 Å². The molecule has 0 spiro atoms. The van der Waals surface area contributed by atoms with Gasteiger partial charge < -0.3 is 9.63 Å². The van der Waals surface area contributed by atoms with Gasteiger partial charge in [0.15, 0.2) is 5.76 Å². The molecule has 0 bridgehead atoms. The number of carboxylic acids is 1. The van der Waals surface area contributed by atoms with Gasteiger partial charge in [0.2, 0.25) is 0 Å². The molecule has 4 aromatic rings. The van der Waals surface area contributed by atoms with Crippen LogP contribution >= 0.6 is 0 Å². The van der Waals surface area contributed by atoms with Gasteiger partial charge >= 0.3 is 5.97 Å². The average Bonchev–Trinajstić information content (AvgIpc) is 3.37. The van der Waals surface area contributed by atoms with Crippen LogP contribution in [0.25, 0.3) is 22.5 Å². The Hall–Kier alpha value is -3.66. The summed E-state index contributed by atoms with van der Waals surface area (Å²) in [7, 11) is 0. The van der Waals surface area contributed by atoms with Gasteiger partial charge in [0.1, 0.15) is 0 Å². The Morgan fingerprint density at radius 1 is 0.711 bits per heavy atom. The highest BCUT2D eigenvalue weighted by Gasteiger charge is 2.15. The third-order valence-electron chi connectivity index (χ3n) is 5.28. The predicted octanol–water partition coefficient (Wildman–Crippen LogP) is 10.1. The maximum absolute atomic E-state index is 9.37. The van der Waals surface area contributed by atoms with Crippen molar-refractivity contribution >= 4 is 5.97 Å². The quantitative estimate of drug-likeness (QED) is 0.265. The summed E-state index contributed by atoms with van der Waals surface area (Å²) in [5, 5.41) is 11.9. The van der Waals surface area contributed by atoms with Crippen LogP contribution in [0.4, 0.5) is 0 Å². The molecule has 0 aliphatic carbocycles. The SMILES string of the molecule is CC.CC.CC.CCC(=O)O.Cc1noc(-c2ccc(-c3ccccc3)cc2)c1CCCc1ccccc1. The third-order valence-corrected chi connectivity index (χ3v) is 5.28. The summed E-state index contributed by atoms with van der Waals surface area (Å²) in [5.41, 5.74) is 7.11. The summed E-state index contributed by atoms with van der Waals surface area (Å²) in [4.78, 5) is 9.37. The molecule has 0 unspecified atom stereocenters. The predicted molar refractivity (Wildman–Crippen MR) is 163 cm³/mol. The molecular formula is C34H47NO3. The molecule has 0 saturated heterocycles. The molecule has 0 amide bonds. The molecular weight excluding hydrogens is 470 g/mol. The van der Waals surface area contributed by atoms with E-state index in [2.05, 4.69) is 84.0 Å². The second-order valence-corrected chi connectivity index (χ2v) is 7.61. The fraction of sp³-hybridized carbons (Fsp3) is 0.353. The van der Waals surface area contributed by atoms with E-state index in [9.17, 15) is 4.79 Å². The average molecular weight is 518 g/mol. The maximum Gasteiger partial charge on any atom is 0.303 e. The highest BCUT2D eigenvalue weighted by Crippen LogP contribution is 2.30. The summed E-state index contributed by atoms with van der Waals surface area (Å²) >= 11 is 0. The second-order valence-electron chi connectivity index (χ2n) is 7.61. The van der Waals surface area contributed by atoms with E-state index in [4.69, 9.17) is 9.63 Å². The van der Waals surface area contributed by atoms with Crippen molar-refractivity contribution in [3.8, 4) is 22.5 Å². The van der Waals surface area contributed by atoms with E-state index in [1.807, 2.05) is 54.5 Å². The molecule has 0 atom stereocenters. The number of carbonyl (C=O) groups is 1. The van der Waals surface area contributed by atoms with Crippen molar-refractivity contribution in [2.75, 3.05) is 0 Å². The standard InChI is InChI=1S/C25H23NO.C3H6O2.3C2H6/c1-19-24(14-8-11-20-9-4-2-5-10-20)25(27-26-19)23-17-15-22(16-18-23)21-12-6-3-7-13-21;1-2-3(4)5;3*1-2/h2-7,9-10,12-13,15-18H,8,11,14H2,1H3;2H2,1H3,(H,4,5);3*1-2H3. The zero-order valence-corrected chi connectivity index (χ0v) is 24.6. The number of rotatable bonds is 7. The van der Waals surface area contributed by atoms with Gasteiger partial charge in [0.25, 0.3) is 0 Å². The Balaban J connectivity index is 0.00000108. The number of hydrogen-bond donors (Lipinski definition) is 1. The largest absolute Gasteiger partial charge is 0.481 e. The first kappa shape index (κ1) is 34.3. The fourth-order valence-corrected chi connectivity index (χ4v) is 3.47. The first-order chi connectivity index (χ1) is 18.6. The van der Waals surface area contributed by atoms with Gasteiger partial charge in [-0.3, -0.25) is 4.79 Å². The Morgan fingerprint density at radius 3 is 1.66 bits per heavy atom. The topological polar surface area (TPSA) is 63.3 Å². The van der Waals surface area contributed by atoms with Crippen LogP contribution in [-0.2, 0) is 17.6 Å². The highest BCUT2D eigenvalue weighted by atomic mass is 16.5. The molecule has 1 heterocycles. The van der Waals surface area contributed by atoms with Gasteiger partial charge in [-0.15, -0.1) is 0 Å². The Labute approximate surface area is 230 Å². The zero-order chi connectivity index (χ0) is 28.8. The molecule has 1 N–H and O–H groups in total. The minimum absolute atomic E-state index is 0.222. The van der Waals surface area contributed by atoms with Crippen LogP contribution in [0, 0.1) is 6.92 Å². The summed E-state index contributed by atoms with van der Waals surface area (Å²) in [5.74, 6) is 0.158. The van der Waals surface area contributed by atoms with Crippen LogP contribution in [0.1, 0.15) is 78.1 Å². The summed E-state index contributed by atoms with van der Waals surface area (Å²) in [6.07, 6.45) is 3.35. The number of carboxylic acid groups (broad SMARTS) is 1. The van der Waals surface area contributed by atoms with Gasteiger partial charge in [-0.05, 0) is 42.9 Å². The monoisotopic (exact) mass is 517 g/mol. The molecule has 38 heavy (non-hydrogen) atoms. The van der Waals surface area contributed by atoms with Gasteiger partial charge in [0, 0.05) is 17.5 Å². The van der Waals surface area contributed by atoms with Crippen molar-refractivity contribution in [2.45, 2.75) is 81.1 Å². The fourth-order valence-electron chi connectivity index (χ4n) is 3.47. The van der Waals surface area contributed by atoms with Crippen LogP contribution in [0.15, 0.2) is 89.5 Å². The third kappa shape index (κ3) is 12.1. The number of hydrogen-bond acceptors (Lipinski definition) is 3. The Morgan fingerprint density at radius 2 is 1.16 bits per heavy atom. The molecule has 0 radical (unpaired) electrons. The molecule has 3 aromatic carbocycles. The van der Waals surface area contributed by atoms with Crippen molar-refractivity contribution in [3.05, 3.63) is 102 Å². The minimum atomic E-state index is -0.745. The molecule has 206 valence electrons. The minimum Gasteiger partial charge on any atom is -0.481 e. The summed E-state index contributed by atoms with van der Waals surface area (Å²) in [6.45, 7) is 15.6. The molecule has 0 aliphatic heterocycles. The van der Waals surface area contributed by atoms with Crippen molar-refractivity contribution in [1.29, 1.82) is 0 Å². The van der Waals surface area contributed by atoms with E-state index < -0.39 is 5.97 Å². The molecule has 0 aliphatic rings. The molecule has 0 saturated carbocycles. The van der Waals surface area contributed by atoms with E-state index >= 15 is 0 Å². The number of aliphatic carboxylic acids is 1. The zero-order valence-electron chi connectivity index (χ0n) is 24.6. The van der Waals surface area contributed by atoms with Crippen LogP contribution < -0.4 is 0 Å². The number of benzene rings is 3. The molecule has 0 fully saturated rings. The first-order valence-electron chi connectivity index (χ1n) is 13.9. The molecule has 4 heteroatoms. The van der Waals surface area contributed by atoms with Crippen molar-refractivity contribution in [3.63, 3.8) is 0 Å². The number of aromatic nitrogens is 1. The number of aryl methyl sites for hydroxylation is 2. The highest BCUT2D eigenvalue weighted by molar-refractivity contribution is 5.69. The van der Waals surface area contributed by atoms with E-state index in [1.54, 1.807) is 6.92 Å². The first-order valence-corrected chi connectivity index (χ1v) is 13.9. The lowest BCUT2D eigenvalue weighted by Gasteiger charge is -2.06. The van der Waals surface area contributed by atoms with Crippen molar-refractivity contribution in [2.24, 2.45) is 0 Å². The van der Waals surface area contributed by atoms with Crippen molar-refractivity contribution in [1.82, 2.24) is 5.16 Å².